The third kappa shape index (κ3) is 4.42. The summed E-state index contributed by atoms with van der Waals surface area (Å²) in [5.41, 5.74) is 12.0. The summed E-state index contributed by atoms with van der Waals surface area (Å²) in [6.45, 7) is 2.19. The summed E-state index contributed by atoms with van der Waals surface area (Å²) in [5.74, 6) is 0. The molecule has 0 fully saturated rings. The summed E-state index contributed by atoms with van der Waals surface area (Å²) in [6.07, 6.45) is 0. The van der Waals surface area contributed by atoms with Gasteiger partial charge >= 0.3 is 0 Å². The van der Waals surface area contributed by atoms with Gasteiger partial charge in [-0.1, -0.05) is 66.7 Å². The van der Waals surface area contributed by atoms with E-state index < -0.39 is 0 Å². The van der Waals surface area contributed by atoms with E-state index in [-0.39, 0.29) is 0 Å². The Morgan fingerprint density at radius 2 is 1.25 bits per heavy atom. The van der Waals surface area contributed by atoms with Crippen molar-refractivity contribution in [3.63, 3.8) is 0 Å². The number of para-hydroxylation sites is 2. The molecule has 8 aromatic carbocycles. The Balaban J connectivity index is 1.10. The van der Waals surface area contributed by atoms with Crippen LogP contribution < -0.4 is 0 Å². The summed E-state index contributed by atoms with van der Waals surface area (Å²) in [6, 6.07) is 57.5. The van der Waals surface area contributed by atoms with Gasteiger partial charge in [0.2, 0.25) is 0 Å². The molecule has 0 aliphatic rings. The topological polar surface area (TPSA) is 70.6 Å². The van der Waals surface area contributed by atoms with Crippen molar-refractivity contribution in [2.75, 3.05) is 0 Å². The average Bonchev–Trinajstić information content (AvgIpc) is 4.01. The molecule has 4 heterocycles. The average molecular weight is 745 g/mol. The maximum atomic E-state index is 10.5. The van der Waals surface area contributed by atoms with Gasteiger partial charge in [0.15, 0.2) is 0 Å². The highest BCUT2D eigenvalue weighted by atomic mass is 32.1. The van der Waals surface area contributed by atoms with Crippen LogP contribution in [0.2, 0.25) is 0 Å². The lowest BCUT2D eigenvalue weighted by molar-refractivity contribution is 0.673. The second kappa shape index (κ2) is 11.7. The van der Waals surface area contributed by atoms with E-state index in [0.717, 1.165) is 71.8 Å². The van der Waals surface area contributed by atoms with Crippen LogP contribution in [-0.4, -0.2) is 9.13 Å². The lowest BCUT2D eigenvalue weighted by Gasteiger charge is -2.14. The van der Waals surface area contributed by atoms with Crippen molar-refractivity contribution < 1.29 is 4.42 Å². The molecule has 0 N–H and O–H groups in total. The van der Waals surface area contributed by atoms with Crippen LogP contribution in [0.3, 0.4) is 0 Å². The van der Waals surface area contributed by atoms with Gasteiger partial charge in [0, 0.05) is 58.5 Å². The van der Waals surface area contributed by atoms with Crippen LogP contribution in [0.5, 0.6) is 0 Å². The number of nitrogens with zero attached hydrogens (tertiary/aromatic N) is 4. The summed E-state index contributed by atoms with van der Waals surface area (Å²) < 4.78 is 13.7. The molecule has 0 atom stereocenters. The van der Waals surface area contributed by atoms with Crippen molar-refractivity contribution >= 4 is 97.1 Å². The molecule has 0 aliphatic heterocycles. The summed E-state index contributed by atoms with van der Waals surface area (Å²) >= 11 is 1.84. The van der Waals surface area contributed by atoms with Crippen molar-refractivity contribution in [2.24, 2.45) is 0 Å². The fraction of sp³-hybridized carbons (Fsp3) is 0.0196. The first-order chi connectivity index (χ1) is 28.1. The van der Waals surface area contributed by atoms with E-state index in [1.807, 2.05) is 59.9 Å². The first-order valence-corrected chi connectivity index (χ1v) is 19.7. The zero-order chi connectivity index (χ0) is 37.9. The SMILES string of the molecule is Cc1cccc2c3c4c(ccc3n(-c3cccc(-c5cc(C#N)cc(-n6c7ccc(C#N)cc7c7c8oc9ccccc9c8ccc76)c5)c3)c12)sc1ccccc14. The van der Waals surface area contributed by atoms with Crippen molar-refractivity contribution in [1.82, 2.24) is 9.13 Å². The number of furan rings is 1. The van der Waals surface area contributed by atoms with Crippen molar-refractivity contribution in [1.29, 1.82) is 10.5 Å². The van der Waals surface area contributed by atoms with Crippen LogP contribution in [0.15, 0.2) is 156 Å². The Morgan fingerprint density at radius 3 is 2.14 bits per heavy atom. The van der Waals surface area contributed by atoms with Gasteiger partial charge < -0.3 is 13.6 Å². The fourth-order valence-electron chi connectivity index (χ4n) is 9.24. The predicted molar refractivity (Wildman–Crippen MR) is 235 cm³/mol. The quantitative estimate of drug-likeness (QED) is 0.181. The molecule has 0 unspecified atom stereocenters. The van der Waals surface area contributed by atoms with Crippen LogP contribution in [0, 0.1) is 29.6 Å². The lowest BCUT2D eigenvalue weighted by atomic mass is 10.0. The third-order valence-electron chi connectivity index (χ3n) is 11.6. The number of fused-ring (bicyclic) bond motifs is 14. The fourth-order valence-corrected chi connectivity index (χ4v) is 10.4. The Bertz CT molecular complexity index is 3800. The van der Waals surface area contributed by atoms with Crippen LogP contribution in [0.4, 0.5) is 0 Å². The number of aryl methyl sites for hydroxylation is 1. The Morgan fingerprint density at radius 1 is 0.491 bits per heavy atom. The van der Waals surface area contributed by atoms with E-state index in [2.05, 4.69) is 131 Å². The predicted octanol–water partition coefficient (Wildman–Crippen LogP) is 13.9. The van der Waals surface area contributed by atoms with Crippen LogP contribution >= 0.6 is 11.3 Å². The maximum absolute atomic E-state index is 10.5. The monoisotopic (exact) mass is 744 g/mol. The molecule has 5 nitrogen and oxygen atoms in total. The minimum atomic E-state index is 0.556. The highest BCUT2D eigenvalue weighted by Crippen LogP contribution is 2.45. The van der Waals surface area contributed by atoms with E-state index in [9.17, 15) is 10.5 Å². The number of rotatable bonds is 3. The van der Waals surface area contributed by atoms with Gasteiger partial charge in [0.25, 0.3) is 0 Å². The van der Waals surface area contributed by atoms with Crippen LogP contribution in [0.25, 0.3) is 108 Å². The highest BCUT2D eigenvalue weighted by Gasteiger charge is 2.22. The van der Waals surface area contributed by atoms with Gasteiger partial charge in [0.05, 0.1) is 50.7 Å². The molecule has 0 bridgehead atoms. The van der Waals surface area contributed by atoms with E-state index >= 15 is 0 Å². The molecule has 0 saturated carbocycles. The molecule has 264 valence electrons. The number of hydrogen-bond donors (Lipinski definition) is 0. The van der Waals surface area contributed by atoms with Gasteiger partial charge in [-0.05, 0) is 109 Å². The number of aromatic nitrogens is 2. The first kappa shape index (κ1) is 31.7. The number of nitriles is 2. The molecule has 0 radical (unpaired) electrons. The molecule has 0 amide bonds. The molecule has 0 saturated heterocycles. The molecule has 12 rings (SSSR count). The van der Waals surface area contributed by atoms with Gasteiger partial charge in [-0.25, -0.2) is 0 Å². The van der Waals surface area contributed by atoms with Gasteiger partial charge in [0.1, 0.15) is 11.2 Å². The van der Waals surface area contributed by atoms with Gasteiger partial charge in [-0.2, -0.15) is 10.5 Å². The first-order valence-electron chi connectivity index (χ1n) is 18.9. The van der Waals surface area contributed by atoms with Gasteiger partial charge in [-0.3, -0.25) is 0 Å². The smallest absolute Gasteiger partial charge is 0.145 e. The Kier molecular flexibility index (Phi) is 6.49. The Labute approximate surface area is 329 Å². The van der Waals surface area contributed by atoms with Crippen LogP contribution in [-0.2, 0) is 0 Å². The second-order valence-electron chi connectivity index (χ2n) is 14.8. The van der Waals surface area contributed by atoms with E-state index in [1.165, 1.54) is 42.0 Å². The Hall–Kier alpha value is -7.64. The number of benzene rings is 8. The molecular formula is C51H28N4OS. The zero-order valence-electron chi connectivity index (χ0n) is 30.5. The van der Waals surface area contributed by atoms with Crippen LogP contribution in [0.1, 0.15) is 16.7 Å². The van der Waals surface area contributed by atoms with Crippen molar-refractivity contribution in [3.05, 3.63) is 168 Å². The second-order valence-corrected chi connectivity index (χ2v) is 15.9. The number of thiophene rings is 1. The summed E-state index contributed by atoms with van der Waals surface area (Å²) in [7, 11) is 0. The molecule has 0 spiro atoms. The van der Waals surface area contributed by atoms with E-state index in [1.54, 1.807) is 0 Å². The third-order valence-corrected chi connectivity index (χ3v) is 12.8. The molecule has 57 heavy (non-hydrogen) atoms. The minimum Gasteiger partial charge on any atom is -0.455 e. The van der Waals surface area contributed by atoms with Gasteiger partial charge in [-0.15, -0.1) is 11.3 Å². The minimum absolute atomic E-state index is 0.556. The normalized spacial score (nSPS) is 11.9. The standard InChI is InChI=1S/C51H28N4OS/c1-29-8-6-13-39-47-42(20-21-46-49(47)38-12-3-5-15-45(38)57-46)55(50(29)39)34-10-7-9-32(25-34)33-22-31(28-53)23-35(26-33)54-41-18-16-30(27-52)24-40(41)48-43(54)19-17-37-36-11-2-4-14-44(36)56-51(37)48/h2-26H,1H3. The molecule has 0 aliphatic carbocycles. The zero-order valence-corrected chi connectivity index (χ0v) is 31.4. The molecule has 6 heteroatoms. The summed E-state index contributed by atoms with van der Waals surface area (Å²) in [5, 5.41) is 29.4. The van der Waals surface area contributed by atoms with Crippen molar-refractivity contribution in [3.8, 4) is 34.6 Å². The molecular weight excluding hydrogens is 717 g/mol. The lowest BCUT2D eigenvalue weighted by Crippen LogP contribution is -1.97. The highest BCUT2D eigenvalue weighted by molar-refractivity contribution is 7.26. The molecule has 12 aromatic rings. The number of hydrogen-bond acceptors (Lipinski definition) is 4. The molecule has 4 aromatic heterocycles. The maximum Gasteiger partial charge on any atom is 0.145 e. The summed E-state index contributed by atoms with van der Waals surface area (Å²) in [4.78, 5) is 0. The van der Waals surface area contributed by atoms with E-state index in [0.29, 0.717) is 11.1 Å². The van der Waals surface area contributed by atoms with E-state index in [4.69, 9.17) is 4.42 Å². The largest absolute Gasteiger partial charge is 0.455 e. The van der Waals surface area contributed by atoms with Crippen molar-refractivity contribution in [2.45, 2.75) is 6.92 Å².